The van der Waals surface area contributed by atoms with Crippen LogP contribution in [0.4, 0.5) is 0 Å². The normalized spacial score (nSPS) is 16.2. The highest BCUT2D eigenvalue weighted by molar-refractivity contribution is 7.98. The number of ether oxygens (including phenoxy) is 2. The van der Waals surface area contributed by atoms with Crippen LogP contribution in [-0.4, -0.2) is 50.4 Å². The van der Waals surface area contributed by atoms with Crippen LogP contribution in [0.1, 0.15) is 41.9 Å². The quantitative estimate of drug-likeness (QED) is 0.446. The summed E-state index contributed by atoms with van der Waals surface area (Å²) in [6.07, 6.45) is 1.61. The lowest BCUT2D eigenvalue weighted by Crippen LogP contribution is -2.40. The summed E-state index contributed by atoms with van der Waals surface area (Å²) in [5, 5.41) is 7.97. The number of para-hydroxylation sites is 1. The number of carbonyl (C=O) groups is 2. The van der Waals surface area contributed by atoms with Crippen molar-refractivity contribution in [2.24, 2.45) is 0 Å². The molecule has 0 radical (unpaired) electrons. The van der Waals surface area contributed by atoms with Gasteiger partial charge in [0.25, 0.3) is 11.7 Å². The third-order valence-electron chi connectivity index (χ3n) is 5.49. The molecule has 1 amide bonds. The molecule has 10 heteroatoms. The highest BCUT2D eigenvalue weighted by Crippen LogP contribution is 2.31. The highest BCUT2D eigenvalue weighted by Gasteiger charge is 2.26. The van der Waals surface area contributed by atoms with Gasteiger partial charge in [-0.3, -0.25) is 9.59 Å². The van der Waals surface area contributed by atoms with Gasteiger partial charge < -0.3 is 14.8 Å². The van der Waals surface area contributed by atoms with Crippen molar-refractivity contribution in [3.8, 4) is 5.75 Å². The first-order valence-electron chi connectivity index (χ1n) is 10.4. The fourth-order valence-electron chi connectivity index (χ4n) is 3.75. The van der Waals surface area contributed by atoms with Crippen LogP contribution in [0.15, 0.2) is 29.4 Å². The Morgan fingerprint density at radius 2 is 2.09 bits per heavy atom. The van der Waals surface area contributed by atoms with E-state index in [0.717, 1.165) is 17.0 Å². The number of carbonyl (C=O) groups excluding carboxylic acids is 2. The van der Waals surface area contributed by atoms with Gasteiger partial charge in [-0.05, 0) is 33.1 Å². The van der Waals surface area contributed by atoms with Crippen LogP contribution < -0.4 is 10.1 Å². The van der Waals surface area contributed by atoms with Crippen LogP contribution in [0.2, 0.25) is 0 Å². The van der Waals surface area contributed by atoms with E-state index in [1.807, 2.05) is 44.4 Å². The van der Waals surface area contributed by atoms with Crippen LogP contribution >= 0.6 is 11.8 Å². The lowest BCUT2D eigenvalue weighted by atomic mass is 10.0. The van der Waals surface area contributed by atoms with Crippen molar-refractivity contribution in [1.29, 1.82) is 0 Å². The van der Waals surface area contributed by atoms with Crippen molar-refractivity contribution in [2.45, 2.75) is 50.9 Å². The number of nitrogens with one attached hydrogen (secondary N) is 1. The van der Waals surface area contributed by atoms with Crippen molar-refractivity contribution >= 4 is 29.4 Å². The fraction of sp³-hybridized carbons (Fsp3) is 0.409. The van der Waals surface area contributed by atoms with E-state index in [-0.39, 0.29) is 18.4 Å². The van der Waals surface area contributed by atoms with E-state index in [1.54, 1.807) is 11.4 Å². The number of hydrogen-bond acceptors (Lipinski definition) is 8. The summed E-state index contributed by atoms with van der Waals surface area (Å²) in [4.78, 5) is 34.1. The molecule has 0 fully saturated rings. The summed E-state index contributed by atoms with van der Waals surface area (Å²) in [6.45, 7) is 5.77. The zero-order chi connectivity index (χ0) is 22.8. The zero-order valence-electron chi connectivity index (χ0n) is 18.4. The summed E-state index contributed by atoms with van der Waals surface area (Å²) in [5.74, 6) is 0.409. The molecule has 0 saturated heterocycles. The highest BCUT2D eigenvalue weighted by atomic mass is 32.2. The van der Waals surface area contributed by atoms with Crippen LogP contribution in [0.25, 0.3) is 5.78 Å². The Morgan fingerprint density at radius 3 is 2.88 bits per heavy atom. The molecular formula is C22H25N5O4S. The minimum Gasteiger partial charge on any atom is -0.493 e. The molecule has 1 aliphatic heterocycles. The van der Waals surface area contributed by atoms with Crippen molar-refractivity contribution in [1.82, 2.24) is 24.9 Å². The van der Waals surface area contributed by atoms with Gasteiger partial charge in [0.2, 0.25) is 5.16 Å². The number of thioether (sulfide) groups is 1. The lowest BCUT2D eigenvalue weighted by Gasteiger charge is -2.27. The van der Waals surface area contributed by atoms with E-state index < -0.39 is 12.1 Å². The first kappa shape index (κ1) is 22.1. The molecule has 1 N–H and O–H groups in total. The first-order valence-corrected chi connectivity index (χ1v) is 11.6. The number of fused-ring (bicyclic) bond motifs is 2. The molecule has 168 valence electrons. The summed E-state index contributed by atoms with van der Waals surface area (Å²) in [5.41, 5.74) is 3.09. The van der Waals surface area contributed by atoms with E-state index in [0.29, 0.717) is 35.2 Å². The van der Waals surface area contributed by atoms with Gasteiger partial charge in [-0.1, -0.05) is 30.0 Å². The lowest BCUT2D eigenvalue weighted by molar-refractivity contribution is -0.154. The molecule has 3 aromatic rings. The molecule has 2 aromatic heterocycles. The topological polar surface area (TPSA) is 108 Å². The molecule has 32 heavy (non-hydrogen) atoms. The molecule has 1 aromatic carbocycles. The summed E-state index contributed by atoms with van der Waals surface area (Å²) < 4.78 is 12.7. The molecule has 2 atom stereocenters. The third-order valence-corrected chi connectivity index (χ3v) is 6.02. The van der Waals surface area contributed by atoms with Gasteiger partial charge in [0, 0.05) is 28.9 Å². The minimum atomic E-state index is -0.927. The minimum absolute atomic E-state index is 0.00715. The Balaban J connectivity index is 1.42. The van der Waals surface area contributed by atoms with Crippen LogP contribution in [-0.2, 0) is 20.7 Å². The predicted molar refractivity (Wildman–Crippen MR) is 119 cm³/mol. The van der Waals surface area contributed by atoms with E-state index in [2.05, 4.69) is 20.4 Å². The monoisotopic (exact) mass is 455 g/mol. The average molecular weight is 456 g/mol. The molecular weight excluding hydrogens is 430 g/mol. The fourth-order valence-corrected chi connectivity index (χ4v) is 4.09. The number of rotatable bonds is 6. The number of benzene rings is 1. The van der Waals surface area contributed by atoms with E-state index >= 15 is 0 Å². The molecule has 9 nitrogen and oxygen atoms in total. The number of aryl methyl sites for hydroxylation is 2. The van der Waals surface area contributed by atoms with Crippen LogP contribution in [0.3, 0.4) is 0 Å². The average Bonchev–Trinajstić information content (AvgIpc) is 3.20. The zero-order valence-corrected chi connectivity index (χ0v) is 19.2. The van der Waals surface area contributed by atoms with Gasteiger partial charge >= 0.3 is 5.97 Å². The SMILES string of the molecule is CSc1nc2nc(C)c(CC(=O)OC(C)C(=O)NC3CCOc4ccccc43)c(C)n2n1. The molecule has 4 rings (SSSR count). The second-order valence-electron chi connectivity index (χ2n) is 7.62. The van der Waals surface area contributed by atoms with Gasteiger partial charge in [0.15, 0.2) is 6.10 Å². The standard InChI is InChI=1S/C22H25N5O4S/c1-12-16(13(2)27-21(23-12)25-22(26-27)32-4)11-19(28)31-14(3)20(29)24-17-9-10-30-18-8-6-5-7-15(17)18/h5-8,14,17H,9-11H2,1-4H3,(H,24,29). The molecule has 3 heterocycles. The van der Waals surface area contributed by atoms with Gasteiger partial charge in [0.1, 0.15) is 5.75 Å². The number of amides is 1. The molecule has 2 unspecified atom stereocenters. The van der Waals surface area contributed by atoms with Crippen molar-refractivity contribution in [2.75, 3.05) is 12.9 Å². The van der Waals surface area contributed by atoms with Crippen LogP contribution in [0.5, 0.6) is 5.75 Å². The third kappa shape index (κ3) is 4.40. The Hall–Kier alpha value is -3.14. The maximum atomic E-state index is 12.7. The van der Waals surface area contributed by atoms with E-state index in [4.69, 9.17) is 9.47 Å². The predicted octanol–water partition coefficient (Wildman–Crippen LogP) is 2.58. The number of nitrogens with zero attached hydrogens (tertiary/aromatic N) is 4. The van der Waals surface area contributed by atoms with Crippen molar-refractivity contribution in [3.05, 3.63) is 46.8 Å². The summed E-state index contributed by atoms with van der Waals surface area (Å²) >= 11 is 1.42. The molecule has 1 aliphatic rings. The second-order valence-corrected chi connectivity index (χ2v) is 8.39. The van der Waals surface area contributed by atoms with Gasteiger partial charge in [0.05, 0.1) is 19.1 Å². The van der Waals surface area contributed by atoms with E-state index in [9.17, 15) is 9.59 Å². The largest absolute Gasteiger partial charge is 0.493 e. The Labute approximate surface area is 189 Å². The first-order chi connectivity index (χ1) is 15.4. The Kier molecular flexibility index (Phi) is 6.31. The number of aromatic nitrogens is 4. The molecule has 0 saturated carbocycles. The second kappa shape index (κ2) is 9.15. The van der Waals surface area contributed by atoms with E-state index in [1.165, 1.54) is 11.8 Å². The Bertz CT molecular complexity index is 1180. The van der Waals surface area contributed by atoms with Crippen LogP contribution in [0, 0.1) is 13.8 Å². The number of esters is 1. The molecule has 0 spiro atoms. The summed E-state index contributed by atoms with van der Waals surface area (Å²) in [7, 11) is 0. The smallest absolute Gasteiger partial charge is 0.311 e. The van der Waals surface area contributed by atoms with Gasteiger partial charge in [-0.2, -0.15) is 4.98 Å². The molecule has 0 bridgehead atoms. The maximum Gasteiger partial charge on any atom is 0.311 e. The molecule has 0 aliphatic carbocycles. The Morgan fingerprint density at radius 1 is 1.31 bits per heavy atom. The maximum absolute atomic E-state index is 12.7. The van der Waals surface area contributed by atoms with Crippen molar-refractivity contribution < 1.29 is 19.1 Å². The number of hydrogen-bond donors (Lipinski definition) is 1. The van der Waals surface area contributed by atoms with Gasteiger partial charge in [-0.15, -0.1) is 5.10 Å². The van der Waals surface area contributed by atoms with Gasteiger partial charge in [-0.25, -0.2) is 9.50 Å². The van der Waals surface area contributed by atoms with Crippen molar-refractivity contribution in [3.63, 3.8) is 0 Å². The summed E-state index contributed by atoms with van der Waals surface area (Å²) in [6, 6.07) is 7.43.